The maximum absolute atomic E-state index is 11.5. The van der Waals surface area contributed by atoms with Gasteiger partial charge in [-0.1, -0.05) is 0 Å². The smallest absolute Gasteiger partial charge is 0.270 e. The highest BCUT2D eigenvalue weighted by Gasteiger charge is 2.05. The van der Waals surface area contributed by atoms with E-state index in [9.17, 15) is 4.79 Å². The number of ether oxygens (including phenoxy) is 1. The summed E-state index contributed by atoms with van der Waals surface area (Å²) in [7, 11) is 0. The number of benzene rings is 1. The number of carbonyl (C=O) groups excluding carboxylic acids is 1. The van der Waals surface area contributed by atoms with Gasteiger partial charge in [-0.25, -0.2) is 4.98 Å². The number of nitrogen functional groups attached to an aromatic ring is 1. The molecule has 0 aliphatic heterocycles. The van der Waals surface area contributed by atoms with E-state index < -0.39 is 0 Å². The lowest BCUT2D eigenvalue weighted by Crippen LogP contribution is -2.28. The minimum atomic E-state index is -0.183. The van der Waals surface area contributed by atoms with Crippen molar-refractivity contribution >= 4 is 22.9 Å². The Balaban J connectivity index is 1.70. The molecule has 1 aromatic carbocycles. The molecule has 0 unspecified atom stereocenters. The summed E-state index contributed by atoms with van der Waals surface area (Å²) in [4.78, 5) is 15.4. The van der Waals surface area contributed by atoms with Gasteiger partial charge in [-0.05, 0) is 24.3 Å². The van der Waals surface area contributed by atoms with Crippen molar-refractivity contribution < 1.29 is 9.53 Å². The van der Waals surface area contributed by atoms with Gasteiger partial charge < -0.3 is 15.8 Å². The van der Waals surface area contributed by atoms with E-state index in [-0.39, 0.29) is 5.91 Å². The summed E-state index contributed by atoms with van der Waals surface area (Å²) in [6.07, 6.45) is 0. The van der Waals surface area contributed by atoms with Gasteiger partial charge in [-0.2, -0.15) is 0 Å². The zero-order valence-electron chi connectivity index (χ0n) is 9.63. The first kappa shape index (κ1) is 12.4. The summed E-state index contributed by atoms with van der Waals surface area (Å²) in [5.41, 5.74) is 8.31. The topological polar surface area (TPSA) is 77.2 Å². The predicted octanol–water partition coefficient (Wildman–Crippen LogP) is 1.53. The number of nitrogens with zero attached hydrogens (tertiary/aromatic N) is 1. The van der Waals surface area contributed by atoms with Crippen LogP contribution in [0.3, 0.4) is 0 Å². The van der Waals surface area contributed by atoms with Gasteiger partial charge in [0.15, 0.2) is 0 Å². The molecule has 0 saturated heterocycles. The molecule has 0 spiro atoms. The van der Waals surface area contributed by atoms with E-state index in [1.807, 2.05) is 0 Å². The number of aromatic nitrogens is 1. The van der Waals surface area contributed by atoms with E-state index in [0.717, 1.165) is 5.75 Å². The SMILES string of the molecule is Nc1ccc(OCCNC(=O)c2cscn2)cc1. The molecule has 0 bridgehead atoms. The molecule has 1 amide bonds. The van der Waals surface area contributed by atoms with Crippen LogP contribution >= 0.6 is 11.3 Å². The number of amides is 1. The lowest BCUT2D eigenvalue weighted by molar-refractivity contribution is 0.0942. The van der Waals surface area contributed by atoms with Crippen LogP contribution in [0.1, 0.15) is 10.5 Å². The fourth-order valence-electron chi connectivity index (χ4n) is 1.31. The predicted molar refractivity (Wildman–Crippen MR) is 70.8 cm³/mol. The van der Waals surface area contributed by atoms with Gasteiger partial charge in [0, 0.05) is 11.1 Å². The van der Waals surface area contributed by atoms with E-state index >= 15 is 0 Å². The Bertz CT molecular complexity index is 497. The van der Waals surface area contributed by atoms with Gasteiger partial charge >= 0.3 is 0 Å². The normalized spacial score (nSPS) is 10.0. The Hall–Kier alpha value is -2.08. The van der Waals surface area contributed by atoms with Gasteiger partial charge in [0.05, 0.1) is 12.1 Å². The molecule has 2 rings (SSSR count). The van der Waals surface area contributed by atoms with Crippen LogP contribution in [0.25, 0.3) is 0 Å². The van der Waals surface area contributed by atoms with Gasteiger partial charge in [-0.3, -0.25) is 4.79 Å². The van der Waals surface area contributed by atoms with Crippen molar-refractivity contribution in [2.45, 2.75) is 0 Å². The third-order valence-corrected chi connectivity index (χ3v) is 2.79. The van der Waals surface area contributed by atoms with Crippen molar-refractivity contribution in [3.05, 3.63) is 40.8 Å². The summed E-state index contributed by atoms with van der Waals surface area (Å²) >= 11 is 1.39. The number of nitrogens with one attached hydrogen (secondary N) is 1. The molecule has 0 radical (unpaired) electrons. The largest absolute Gasteiger partial charge is 0.492 e. The minimum absolute atomic E-state index is 0.183. The lowest BCUT2D eigenvalue weighted by atomic mass is 10.3. The van der Waals surface area contributed by atoms with Crippen LogP contribution in [-0.2, 0) is 0 Å². The van der Waals surface area contributed by atoms with E-state index in [0.29, 0.717) is 24.5 Å². The molecular formula is C12H13N3O2S. The summed E-state index contributed by atoms with van der Waals surface area (Å²) in [5, 5.41) is 4.43. The number of rotatable bonds is 5. The molecule has 0 aliphatic rings. The van der Waals surface area contributed by atoms with E-state index in [4.69, 9.17) is 10.5 Å². The first-order chi connectivity index (χ1) is 8.75. The molecule has 3 N–H and O–H groups in total. The molecule has 1 heterocycles. The summed E-state index contributed by atoms with van der Waals surface area (Å²) in [6, 6.07) is 7.11. The zero-order chi connectivity index (χ0) is 12.8. The van der Waals surface area contributed by atoms with E-state index in [1.54, 1.807) is 35.2 Å². The van der Waals surface area contributed by atoms with Crippen LogP contribution in [0.5, 0.6) is 5.75 Å². The standard InChI is InChI=1S/C12H13N3O2S/c13-9-1-3-10(4-2-9)17-6-5-14-12(16)11-7-18-8-15-11/h1-4,7-8H,5-6,13H2,(H,14,16). The number of nitrogens with two attached hydrogens (primary N) is 1. The van der Waals surface area contributed by atoms with E-state index in [1.165, 1.54) is 11.3 Å². The monoisotopic (exact) mass is 263 g/mol. The van der Waals surface area contributed by atoms with Crippen molar-refractivity contribution in [3.63, 3.8) is 0 Å². The Morgan fingerprint density at radius 1 is 1.39 bits per heavy atom. The Morgan fingerprint density at radius 2 is 2.17 bits per heavy atom. The Labute approximate surface area is 109 Å². The lowest BCUT2D eigenvalue weighted by Gasteiger charge is -2.07. The maximum Gasteiger partial charge on any atom is 0.270 e. The molecule has 1 aromatic heterocycles. The second-order valence-corrected chi connectivity index (χ2v) is 4.27. The average Bonchev–Trinajstić information content (AvgIpc) is 2.90. The van der Waals surface area contributed by atoms with Crippen molar-refractivity contribution in [2.75, 3.05) is 18.9 Å². The fraction of sp³-hybridized carbons (Fsp3) is 0.167. The van der Waals surface area contributed by atoms with Crippen molar-refractivity contribution in [1.29, 1.82) is 0 Å². The molecule has 6 heteroatoms. The van der Waals surface area contributed by atoms with Crippen LogP contribution in [0.4, 0.5) is 5.69 Å². The molecule has 5 nitrogen and oxygen atoms in total. The first-order valence-electron chi connectivity index (χ1n) is 5.40. The summed E-state index contributed by atoms with van der Waals surface area (Å²) in [5.74, 6) is 0.546. The zero-order valence-corrected chi connectivity index (χ0v) is 10.4. The first-order valence-corrected chi connectivity index (χ1v) is 6.35. The average molecular weight is 263 g/mol. The quantitative estimate of drug-likeness (QED) is 0.633. The number of anilines is 1. The second kappa shape index (κ2) is 6.02. The number of hydrogen-bond donors (Lipinski definition) is 2. The van der Waals surface area contributed by atoms with Crippen molar-refractivity contribution in [1.82, 2.24) is 10.3 Å². The highest BCUT2D eigenvalue weighted by molar-refractivity contribution is 7.07. The minimum Gasteiger partial charge on any atom is -0.492 e. The van der Waals surface area contributed by atoms with Gasteiger partial charge in [0.25, 0.3) is 5.91 Å². The van der Waals surface area contributed by atoms with Crippen LogP contribution in [0.2, 0.25) is 0 Å². The molecule has 94 valence electrons. The van der Waals surface area contributed by atoms with Crippen LogP contribution in [0.15, 0.2) is 35.2 Å². The highest BCUT2D eigenvalue weighted by Crippen LogP contribution is 2.12. The van der Waals surface area contributed by atoms with Crippen LogP contribution < -0.4 is 15.8 Å². The van der Waals surface area contributed by atoms with Crippen LogP contribution in [-0.4, -0.2) is 24.0 Å². The molecule has 0 saturated carbocycles. The molecule has 0 fully saturated rings. The maximum atomic E-state index is 11.5. The number of carbonyl (C=O) groups is 1. The number of hydrogen-bond acceptors (Lipinski definition) is 5. The third-order valence-electron chi connectivity index (χ3n) is 2.20. The molecule has 18 heavy (non-hydrogen) atoms. The molecule has 0 atom stereocenters. The van der Waals surface area contributed by atoms with Gasteiger partial charge in [-0.15, -0.1) is 11.3 Å². The van der Waals surface area contributed by atoms with Crippen molar-refractivity contribution in [2.24, 2.45) is 0 Å². The van der Waals surface area contributed by atoms with Gasteiger partial charge in [0.2, 0.25) is 0 Å². The second-order valence-electron chi connectivity index (χ2n) is 3.55. The highest BCUT2D eigenvalue weighted by atomic mass is 32.1. The Kier molecular flexibility index (Phi) is 4.14. The van der Waals surface area contributed by atoms with Crippen molar-refractivity contribution in [3.8, 4) is 5.75 Å². The van der Waals surface area contributed by atoms with E-state index in [2.05, 4.69) is 10.3 Å². The number of thiazole rings is 1. The Morgan fingerprint density at radius 3 is 2.83 bits per heavy atom. The molecular weight excluding hydrogens is 250 g/mol. The van der Waals surface area contributed by atoms with Crippen LogP contribution in [0, 0.1) is 0 Å². The third kappa shape index (κ3) is 3.46. The molecule has 0 aliphatic carbocycles. The summed E-state index contributed by atoms with van der Waals surface area (Å²) in [6.45, 7) is 0.834. The summed E-state index contributed by atoms with van der Waals surface area (Å²) < 4.78 is 5.44. The molecule has 2 aromatic rings. The fourth-order valence-corrected chi connectivity index (χ4v) is 1.84. The van der Waals surface area contributed by atoms with Gasteiger partial charge in [0.1, 0.15) is 18.1 Å².